The van der Waals surface area contributed by atoms with Gasteiger partial charge in [0, 0.05) is 19.0 Å². The topological polar surface area (TPSA) is 60.4 Å². The predicted molar refractivity (Wildman–Crippen MR) is 126 cm³/mol. The van der Waals surface area contributed by atoms with Crippen molar-refractivity contribution in [3.63, 3.8) is 0 Å². The summed E-state index contributed by atoms with van der Waals surface area (Å²) >= 11 is 0. The first-order valence-electron chi connectivity index (χ1n) is 10.7. The number of benzene rings is 3. The van der Waals surface area contributed by atoms with Gasteiger partial charge in [0.25, 0.3) is 0 Å². The van der Waals surface area contributed by atoms with Crippen LogP contribution in [0, 0.1) is 0 Å². The molecule has 1 unspecified atom stereocenters. The highest BCUT2D eigenvalue weighted by atomic mass is 31.2. The summed E-state index contributed by atoms with van der Waals surface area (Å²) < 4.78 is 36.1. The van der Waals surface area contributed by atoms with Crippen LogP contribution in [0.4, 0.5) is 0 Å². The number of hydrogen-bond donors (Lipinski definition) is 0. The summed E-state index contributed by atoms with van der Waals surface area (Å²) in [7, 11) is -3.95. The largest absolute Gasteiger partial charge is 0.565 e. The summed E-state index contributed by atoms with van der Waals surface area (Å²) in [5.41, 5.74) is 1.07. The molecule has 1 saturated heterocycles. The van der Waals surface area contributed by atoms with Crippen LogP contribution in [0.2, 0.25) is 0 Å². The maximum absolute atomic E-state index is 14.1. The van der Waals surface area contributed by atoms with Crippen LogP contribution in [0.15, 0.2) is 95.8 Å². The zero-order chi connectivity index (χ0) is 22.2. The fourth-order valence-corrected chi connectivity index (χ4v) is 4.97. The zero-order valence-electron chi connectivity index (χ0n) is 18.0. The first kappa shape index (κ1) is 22.1. The van der Waals surface area contributed by atoms with Gasteiger partial charge < -0.3 is 18.7 Å². The Balaban J connectivity index is 1.75. The molecule has 1 fully saturated rings. The van der Waals surface area contributed by atoms with Crippen molar-refractivity contribution < 1.29 is 18.3 Å². The molecule has 4 rings (SSSR count). The molecule has 1 aliphatic rings. The molecule has 1 atom stereocenters. The fourth-order valence-electron chi connectivity index (χ4n) is 3.52. The third kappa shape index (κ3) is 5.78. The molecule has 0 radical (unpaired) electrons. The molecule has 0 saturated carbocycles. The van der Waals surface area contributed by atoms with Crippen molar-refractivity contribution in [1.29, 1.82) is 0 Å². The molecule has 1 aliphatic heterocycles. The highest BCUT2D eigenvalue weighted by Crippen LogP contribution is 2.51. The van der Waals surface area contributed by atoms with E-state index in [9.17, 15) is 4.57 Å². The van der Waals surface area contributed by atoms with E-state index in [4.69, 9.17) is 18.5 Å². The predicted octanol–water partition coefficient (Wildman–Crippen LogP) is 5.79. The van der Waals surface area contributed by atoms with Gasteiger partial charge in [0.2, 0.25) is 0 Å². The van der Waals surface area contributed by atoms with Gasteiger partial charge in [-0.1, -0.05) is 73.7 Å². The van der Waals surface area contributed by atoms with Gasteiger partial charge in [-0.25, -0.2) is 4.57 Å². The van der Waals surface area contributed by atoms with E-state index >= 15 is 0 Å². The van der Waals surface area contributed by atoms with Gasteiger partial charge in [-0.2, -0.15) is 0 Å². The van der Waals surface area contributed by atoms with Crippen molar-refractivity contribution in [2.45, 2.75) is 12.8 Å². The summed E-state index contributed by atoms with van der Waals surface area (Å²) in [5, 5.41) is 0. The Morgan fingerprint density at radius 2 is 1.31 bits per heavy atom. The highest BCUT2D eigenvalue weighted by molar-refractivity contribution is 7.53. The maximum atomic E-state index is 14.1. The van der Waals surface area contributed by atoms with Crippen LogP contribution in [-0.4, -0.2) is 37.0 Å². The van der Waals surface area contributed by atoms with Gasteiger partial charge in [0.1, 0.15) is 17.3 Å². The lowest BCUT2D eigenvalue weighted by molar-refractivity contribution is 0.0668. The first-order chi connectivity index (χ1) is 15.6. The van der Waals surface area contributed by atoms with Crippen molar-refractivity contribution in [3.8, 4) is 11.5 Å². The quantitative estimate of drug-likeness (QED) is 0.259. The van der Waals surface area contributed by atoms with Crippen LogP contribution in [0.3, 0.4) is 0 Å². The third-order valence-electron chi connectivity index (χ3n) is 5.17. The molecule has 0 amide bonds. The average molecular weight is 450 g/mol. The van der Waals surface area contributed by atoms with Crippen LogP contribution in [0.5, 0.6) is 11.5 Å². The monoisotopic (exact) mass is 450 g/mol. The second-order valence-corrected chi connectivity index (χ2v) is 8.97. The van der Waals surface area contributed by atoms with Gasteiger partial charge in [0.15, 0.2) is 0 Å². The number of ether oxygens (including phenoxy) is 1. The lowest BCUT2D eigenvalue weighted by atomic mass is 9.99. The number of para-hydroxylation sites is 2. The van der Waals surface area contributed by atoms with E-state index in [0.717, 1.165) is 5.56 Å². The SMILES string of the molecule is CC(C(=NP(=O)(Oc1ccccc1)Oc1ccccc1)N1CCOCC1)c1ccccc1. The number of rotatable bonds is 7. The minimum Gasteiger partial charge on any atom is -0.399 e. The minimum absolute atomic E-state index is 0.110. The Bertz CT molecular complexity index is 1010. The van der Waals surface area contributed by atoms with Gasteiger partial charge >= 0.3 is 7.75 Å². The summed E-state index contributed by atoms with van der Waals surface area (Å²) in [6.07, 6.45) is 0. The standard InChI is InChI=1S/C25H27N2O4P/c1-21(22-11-5-2-6-12-22)25(27-17-19-29-20-18-27)26-32(28,30-23-13-7-3-8-14-23)31-24-15-9-4-10-16-24/h2-16,21H,17-20H2,1H3. The summed E-state index contributed by atoms with van der Waals surface area (Å²) in [6.45, 7) is 4.55. The fraction of sp³-hybridized carbons (Fsp3) is 0.240. The Kier molecular flexibility index (Phi) is 7.25. The van der Waals surface area contributed by atoms with Crippen LogP contribution in [0.25, 0.3) is 0 Å². The van der Waals surface area contributed by atoms with Crippen LogP contribution >= 0.6 is 7.75 Å². The van der Waals surface area contributed by atoms with Gasteiger partial charge in [0.05, 0.1) is 13.2 Å². The molecular weight excluding hydrogens is 423 g/mol. The molecule has 6 nitrogen and oxygen atoms in total. The molecule has 0 aromatic heterocycles. The summed E-state index contributed by atoms with van der Waals surface area (Å²) in [6, 6.07) is 28.0. The molecule has 1 heterocycles. The zero-order valence-corrected chi connectivity index (χ0v) is 18.9. The Morgan fingerprint density at radius 3 is 1.81 bits per heavy atom. The molecule has 0 bridgehead atoms. The number of amidine groups is 1. The second kappa shape index (κ2) is 10.5. The second-order valence-electron chi connectivity index (χ2n) is 7.47. The molecule has 0 spiro atoms. The Labute approximate surface area is 189 Å². The molecule has 0 N–H and O–H groups in total. The first-order valence-corrected chi connectivity index (χ1v) is 12.2. The molecule has 166 valence electrons. The van der Waals surface area contributed by atoms with Gasteiger partial charge in [-0.05, 0) is 29.8 Å². The van der Waals surface area contributed by atoms with Crippen LogP contribution in [-0.2, 0) is 9.30 Å². The van der Waals surface area contributed by atoms with E-state index in [0.29, 0.717) is 43.6 Å². The van der Waals surface area contributed by atoms with Gasteiger partial charge in [-0.15, -0.1) is 4.76 Å². The molecule has 3 aromatic rings. The van der Waals surface area contributed by atoms with Crippen LogP contribution in [0.1, 0.15) is 18.4 Å². The Hall–Kier alpha value is -3.08. The van der Waals surface area contributed by atoms with E-state index < -0.39 is 7.75 Å². The number of nitrogens with zero attached hydrogens (tertiary/aromatic N) is 2. The van der Waals surface area contributed by atoms with Crippen molar-refractivity contribution in [2.24, 2.45) is 4.76 Å². The van der Waals surface area contributed by atoms with Crippen molar-refractivity contribution in [3.05, 3.63) is 96.6 Å². The van der Waals surface area contributed by atoms with Gasteiger partial charge in [-0.3, -0.25) is 0 Å². The smallest absolute Gasteiger partial charge is 0.399 e. The van der Waals surface area contributed by atoms with E-state index in [1.807, 2.05) is 66.7 Å². The highest BCUT2D eigenvalue weighted by Gasteiger charge is 2.33. The van der Waals surface area contributed by atoms with E-state index in [-0.39, 0.29) is 5.92 Å². The van der Waals surface area contributed by atoms with E-state index in [1.165, 1.54) is 0 Å². The van der Waals surface area contributed by atoms with Crippen molar-refractivity contribution in [2.75, 3.05) is 26.3 Å². The van der Waals surface area contributed by atoms with Crippen LogP contribution < -0.4 is 9.05 Å². The normalized spacial score (nSPS) is 15.8. The summed E-state index contributed by atoms with van der Waals surface area (Å²) in [4.78, 5) is 2.11. The van der Waals surface area contributed by atoms with Crippen molar-refractivity contribution >= 4 is 13.6 Å². The third-order valence-corrected chi connectivity index (χ3v) is 6.51. The Morgan fingerprint density at radius 1 is 0.844 bits per heavy atom. The molecule has 3 aromatic carbocycles. The lowest BCUT2D eigenvalue weighted by Gasteiger charge is -2.33. The molecule has 7 heteroatoms. The molecular formula is C25H27N2O4P. The summed E-state index contributed by atoms with van der Waals surface area (Å²) in [5.74, 6) is 1.42. The average Bonchev–Trinajstić information content (AvgIpc) is 2.84. The maximum Gasteiger partial charge on any atom is 0.565 e. The number of morpholine rings is 1. The van der Waals surface area contributed by atoms with E-state index in [1.54, 1.807) is 24.3 Å². The molecule has 0 aliphatic carbocycles. The number of hydrogen-bond acceptors (Lipinski definition) is 4. The van der Waals surface area contributed by atoms with E-state index in [2.05, 4.69) is 11.8 Å². The molecule has 32 heavy (non-hydrogen) atoms. The minimum atomic E-state index is -3.95. The van der Waals surface area contributed by atoms with Crippen molar-refractivity contribution in [1.82, 2.24) is 4.90 Å². The lowest BCUT2D eigenvalue weighted by Crippen LogP contribution is -2.42.